The first kappa shape index (κ1) is 17.7. The summed E-state index contributed by atoms with van der Waals surface area (Å²) in [7, 11) is 2.83. The van der Waals surface area contributed by atoms with E-state index in [1.807, 2.05) is 0 Å². The quantitative estimate of drug-likeness (QED) is 0.550. The molecule has 0 atom stereocenters. The molecule has 1 amide bonds. The average Bonchev–Trinajstić information content (AvgIpc) is 2.48. The Morgan fingerprint density at radius 3 is 2.62 bits per heavy atom. The third-order valence-electron chi connectivity index (χ3n) is 2.86. The molecule has 0 fully saturated rings. The number of benzene rings is 1. The van der Waals surface area contributed by atoms with Gasteiger partial charge in [-0.05, 0) is 40.8 Å². The van der Waals surface area contributed by atoms with Gasteiger partial charge in [-0.15, -0.1) is 0 Å². The van der Waals surface area contributed by atoms with Gasteiger partial charge in [0.2, 0.25) is 0 Å². The molecule has 0 aliphatic rings. The second-order valence-corrected chi connectivity index (χ2v) is 5.52. The summed E-state index contributed by atoms with van der Waals surface area (Å²) in [6, 6.07) is 4.79. The number of methoxy groups -OCH3 is 2. The van der Waals surface area contributed by atoms with Crippen LogP contribution in [-0.4, -0.2) is 55.8 Å². The number of carbonyl (C=O) groups is 2. The van der Waals surface area contributed by atoms with E-state index in [1.54, 1.807) is 12.1 Å². The molecule has 1 aromatic rings. The Hall–Kier alpha value is -1.35. The van der Waals surface area contributed by atoms with Crippen molar-refractivity contribution in [2.24, 2.45) is 0 Å². The minimum atomic E-state index is -0.392. The van der Waals surface area contributed by atoms with Gasteiger partial charge < -0.3 is 19.5 Å². The van der Waals surface area contributed by atoms with Crippen molar-refractivity contribution >= 4 is 34.5 Å². The summed E-state index contributed by atoms with van der Waals surface area (Å²) in [5, 5.41) is 9.83. The molecule has 0 spiro atoms. The molecule has 1 N–H and O–H groups in total. The van der Waals surface area contributed by atoms with E-state index in [4.69, 9.17) is 4.74 Å². The Balaban J connectivity index is 2.87. The Morgan fingerprint density at radius 1 is 1.29 bits per heavy atom. The van der Waals surface area contributed by atoms with Crippen molar-refractivity contribution < 1.29 is 24.2 Å². The van der Waals surface area contributed by atoms with Crippen LogP contribution in [-0.2, 0) is 14.3 Å². The number of halogens is 1. The van der Waals surface area contributed by atoms with Crippen LogP contribution >= 0.6 is 22.6 Å². The first-order valence-electron chi connectivity index (χ1n) is 6.33. The fourth-order valence-corrected chi connectivity index (χ4v) is 2.19. The fourth-order valence-electron chi connectivity index (χ4n) is 1.69. The van der Waals surface area contributed by atoms with Gasteiger partial charge in [-0.25, -0.2) is 0 Å². The van der Waals surface area contributed by atoms with Gasteiger partial charge in [0.25, 0.3) is 5.91 Å². The molecule has 7 heteroatoms. The predicted molar refractivity (Wildman–Crippen MR) is 85.2 cm³/mol. The highest BCUT2D eigenvalue weighted by atomic mass is 127. The molecule has 0 unspecified atom stereocenters. The van der Waals surface area contributed by atoms with E-state index in [0.29, 0.717) is 13.2 Å². The van der Waals surface area contributed by atoms with Crippen LogP contribution < -0.4 is 0 Å². The van der Waals surface area contributed by atoms with Gasteiger partial charge in [-0.2, -0.15) is 0 Å². The third kappa shape index (κ3) is 5.50. The van der Waals surface area contributed by atoms with Gasteiger partial charge in [0.05, 0.1) is 25.7 Å². The van der Waals surface area contributed by atoms with Gasteiger partial charge >= 0.3 is 5.97 Å². The summed E-state index contributed by atoms with van der Waals surface area (Å²) in [5.41, 5.74) is 0.211. The lowest BCUT2D eigenvalue weighted by atomic mass is 10.1. The zero-order valence-electron chi connectivity index (χ0n) is 12.0. The summed E-state index contributed by atoms with van der Waals surface area (Å²) in [5.74, 6) is -0.815. The molecule has 6 nitrogen and oxygen atoms in total. The van der Waals surface area contributed by atoms with Crippen LogP contribution in [0.15, 0.2) is 18.2 Å². The van der Waals surface area contributed by atoms with Gasteiger partial charge in [0.15, 0.2) is 0 Å². The lowest BCUT2D eigenvalue weighted by Gasteiger charge is -2.22. The van der Waals surface area contributed by atoms with Crippen molar-refractivity contribution in [3.05, 3.63) is 27.3 Å². The minimum absolute atomic E-state index is 0.0825. The minimum Gasteiger partial charge on any atom is -0.507 e. The van der Waals surface area contributed by atoms with E-state index in [0.717, 1.165) is 3.57 Å². The maximum Gasteiger partial charge on any atom is 0.307 e. The van der Waals surface area contributed by atoms with Crippen molar-refractivity contribution in [1.29, 1.82) is 0 Å². The SMILES string of the molecule is COCCN(CCC(=O)OC)C(=O)c1cc(I)ccc1O. The highest BCUT2D eigenvalue weighted by Crippen LogP contribution is 2.21. The average molecular weight is 407 g/mol. The van der Waals surface area contributed by atoms with Gasteiger partial charge in [0, 0.05) is 23.8 Å². The number of ether oxygens (including phenoxy) is 2. The lowest BCUT2D eigenvalue weighted by Crippen LogP contribution is -2.36. The smallest absolute Gasteiger partial charge is 0.307 e. The van der Waals surface area contributed by atoms with Crippen LogP contribution in [0.5, 0.6) is 5.75 Å². The largest absolute Gasteiger partial charge is 0.507 e. The van der Waals surface area contributed by atoms with E-state index in [-0.39, 0.29) is 30.2 Å². The van der Waals surface area contributed by atoms with Crippen molar-refractivity contribution in [3.63, 3.8) is 0 Å². The van der Waals surface area contributed by atoms with Crippen molar-refractivity contribution in [2.45, 2.75) is 6.42 Å². The molecule has 1 aromatic carbocycles. The van der Waals surface area contributed by atoms with E-state index >= 15 is 0 Å². The Kier molecular flexibility index (Phi) is 7.44. The summed E-state index contributed by atoms with van der Waals surface area (Å²) >= 11 is 2.06. The lowest BCUT2D eigenvalue weighted by molar-refractivity contribution is -0.140. The van der Waals surface area contributed by atoms with Gasteiger partial charge in [-0.3, -0.25) is 9.59 Å². The van der Waals surface area contributed by atoms with Gasteiger partial charge in [0.1, 0.15) is 5.75 Å². The second kappa shape index (κ2) is 8.83. The van der Waals surface area contributed by atoms with Crippen LogP contribution in [0.2, 0.25) is 0 Å². The molecule has 0 radical (unpaired) electrons. The van der Waals surface area contributed by atoms with E-state index in [1.165, 1.54) is 25.2 Å². The topological polar surface area (TPSA) is 76.1 Å². The molecule has 0 aliphatic carbocycles. The highest BCUT2D eigenvalue weighted by Gasteiger charge is 2.20. The zero-order valence-corrected chi connectivity index (χ0v) is 14.1. The monoisotopic (exact) mass is 407 g/mol. The molecule has 0 aliphatic heterocycles. The number of phenols is 1. The number of aromatic hydroxyl groups is 1. The summed E-state index contributed by atoms with van der Waals surface area (Å²) in [4.78, 5) is 25.2. The van der Waals surface area contributed by atoms with E-state index in [9.17, 15) is 14.7 Å². The fraction of sp³-hybridized carbons (Fsp3) is 0.429. The van der Waals surface area contributed by atoms with Crippen LogP contribution in [0.1, 0.15) is 16.8 Å². The second-order valence-electron chi connectivity index (χ2n) is 4.27. The normalized spacial score (nSPS) is 10.2. The Morgan fingerprint density at radius 2 is 2.00 bits per heavy atom. The Bertz CT molecular complexity index is 506. The molecule has 116 valence electrons. The molecular weight excluding hydrogens is 389 g/mol. The van der Waals surface area contributed by atoms with Crippen LogP contribution in [0.25, 0.3) is 0 Å². The number of nitrogens with zero attached hydrogens (tertiary/aromatic N) is 1. The van der Waals surface area contributed by atoms with Crippen LogP contribution in [0.4, 0.5) is 0 Å². The standard InChI is InChI=1S/C14H18INO5/c1-20-8-7-16(6-5-13(18)21-2)14(19)11-9-10(15)3-4-12(11)17/h3-4,9,17H,5-8H2,1-2H3. The molecule has 0 saturated carbocycles. The first-order chi connectivity index (χ1) is 9.99. The third-order valence-corrected chi connectivity index (χ3v) is 3.53. The molecule has 1 rings (SSSR count). The van der Waals surface area contributed by atoms with E-state index in [2.05, 4.69) is 27.3 Å². The number of hydrogen-bond donors (Lipinski definition) is 1. The van der Waals surface area contributed by atoms with Gasteiger partial charge in [-0.1, -0.05) is 0 Å². The zero-order chi connectivity index (χ0) is 15.8. The van der Waals surface area contributed by atoms with Crippen LogP contribution in [0.3, 0.4) is 0 Å². The number of hydrogen-bond acceptors (Lipinski definition) is 5. The number of esters is 1. The first-order valence-corrected chi connectivity index (χ1v) is 7.41. The molecule has 0 aromatic heterocycles. The van der Waals surface area contributed by atoms with Crippen molar-refractivity contribution in [2.75, 3.05) is 33.9 Å². The highest BCUT2D eigenvalue weighted by molar-refractivity contribution is 14.1. The number of amides is 1. The summed E-state index contributed by atoms with van der Waals surface area (Å²) in [6.07, 6.45) is 0.0939. The predicted octanol–water partition coefficient (Wildman–Crippen LogP) is 1.65. The molecule has 0 bridgehead atoms. The summed E-state index contributed by atoms with van der Waals surface area (Å²) in [6.45, 7) is 0.884. The van der Waals surface area contributed by atoms with Crippen molar-refractivity contribution in [1.82, 2.24) is 4.90 Å². The summed E-state index contributed by atoms with van der Waals surface area (Å²) < 4.78 is 10.4. The Labute approximate surface area is 137 Å². The van der Waals surface area contributed by atoms with E-state index < -0.39 is 5.97 Å². The molecule has 0 saturated heterocycles. The van der Waals surface area contributed by atoms with Crippen molar-refractivity contribution in [3.8, 4) is 5.75 Å². The number of carbonyl (C=O) groups excluding carboxylic acids is 2. The number of phenolic OH excluding ortho intramolecular Hbond substituents is 1. The number of rotatable bonds is 7. The maximum absolute atomic E-state index is 12.5. The van der Waals surface area contributed by atoms with Crippen LogP contribution in [0, 0.1) is 3.57 Å². The molecular formula is C14H18INO5. The maximum atomic E-state index is 12.5. The molecule has 0 heterocycles. The molecule has 21 heavy (non-hydrogen) atoms.